The summed E-state index contributed by atoms with van der Waals surface area (Å²) in [6.45, 7) is 5.56. The normalized spacial score (nSPS) is 14.4. The third-order valence-electron chi connectivity index (χ3n) is 4.53. The molecule has 27 heavy (non-hydrogen) atoms. The number of hydrogen-bond donors (Lipinski definition) is 0. The van der Waals surface area contributed by atoms with Crippen molar-refractivity contribution < 1.29 is 14.3 Å². The Morgan fingerprint density at radius 2 is 1.85 bits per heavy atom. The molecular weight excluding hydrogens is 342 g/mol. The molecule has 2 heterocycles. The Hall–Kier alpha value is -3.02. The van der Waals surface area contributed by atoms with Crippen LogP contribution in [-0.2, 0) is 4.79 Å². The molecule has 0 saturated carbocycles. The first-order valence-electron chi connectivity index (χ1n) is 9.14. The van der Waals surface area contributed by atoms with Crippen molar-refractivity contribution in [2.45, 2.75) is 6.92 Å². The Labute approximate surface area is 160 Å². The first kappa shape index (κ1) is 18.8. The van der Waals surface area contributed by atoms with Gasteiger partial charge in [0.2, 0.25) is 5.91 Å². The van der Waals surface area contributed by atoms with Gasteiger partial charge in [-0.15, -0.1) is 0 Å². The second-order valence-corrected chi connectivity index (χ2v) is 6.19. The lowest BCUT2D eigenvalue weighted by atomic mass is 10.2. The largest absolute Gasteiger partial charge is 0.493 e. The van der Waals surface area contributed by atoms with E-state index in [-0.39, 0.29) is 5.91 Å². The number of nitrogens with zero attached hydrogens (tertiary/aromatic N) is 3. The van der Waals surface area contributed by atoms with Crippen molar-refractivity contribution in [3.8, 4) is 11.5 Å². The molecule has 1 saturated heterocycles. The van der Waals surface area contributed by atoms with Gasteiger partial charge in [0, 0.05) is 50.3 Å². The van der Waals surface area contributed by atoms with Crippen LogP contribution in [0.3, 0.4) is 0 Å². The molecule has 1 aliphatic heterocycles. The maximum absolute atomic E-state index is 12.5. The fourth-order valence-electron chi connectivity index (χ4n) is 3.08. The van der Waals surface area contributed by atoms with Crippen molar-refractivity contribution in [1.29, 1.82) is 0 Å². The molecule has 0 spiro atoms. The van der Waals surface area contributed by atoms with Crippen molar-refractivity contribution in [3.05, 3.63) is 54.4 Å². The second kappa shape index (κ2) is 9.07. The Bertz CT molecular complexity index is 785. The summed E-state index contributed by atoms with van der Waals surface area (Å²) in [4.78, 5) is 20.7. The van der Waals surface area contributed by atoms with E-state index >= 15 is 0 Å². The van der Waals surface area contributed by atoms with E-state index in [0.717, 1.165) is 24.3 Å². The van der Waals surface area contributed by atoms with Crippen LogP contribution in [0.25, 0.3) is 6.08 Å². The SMILES string of the molecule is CCOc1ccc(/C=C/C(=O)N2CCN(c3ccncc3)CC2)cc1OC. The highest BCUT2D eigenvalue weighted by Gasteiger charge is 2.19. The second-order valence-electron chi connectivity index (χ2n) is 6.19. The number of hydrogen-bond acceptors (Lipinski definition) is 5. The molecule has 0 aliphatic carbocycles. The number of carbonyl (C=O) groups excluding carboxylic acids is 1. The van der Waals surface area contributed by atoms with E-state index in [9.17, 15) is 4.79 Å². The smallest absolute Gasteiger partial charge is 0.246 e. The molecule has 1 fully saturated rings. The highest BCUT2D eigenvalue weighted by Crippen LogP contribution is 2.28. The number of carbonyl (C=O) groups is 1. The average Bonchev–Trinajstić information content (AvgIpc) is 2.73. The van der Waals surface area contributed by atoms with Crippen LogP contribution in [0.15, 0.2) is 48.8 Å². The maximum Gasteiger partial charge on any atom is 0.246 e. The molecule has 0 N–H and O–H groups in total. The summed E-state index contributed by atoms with van der Waals surface area (Å²) in [6, 6.07) is 9.64. The molecule has 6 heteroatoms. The van der Waals surface area contributed by atoms with Gasteiger partial charge in [-0.25, -0.2) is 0 Å². The number of rotatable bonds is 6. The van der Waals surface area contributed by atoms with E-state index in [0.29, 0.717) is 31.2 Å². The number of benzene rings is 1. The summed E-state index contributed by atoms with van der Waals surface area (Å²) in [7, 11) is 1.61. The van der Waals surface area contributed by atoms with Crippen molar-refractivity contribution in [3.63, 3.8) is 0 Å². The molecule has 1 aliphatic rings. The highest BCUT2D eigenvalue weighted by molar-refractivity contribution is 5.92. The molecular formula is C21H25N3O3. The van der Waals surface area contributed by atoms with Crippen molar-refractivity contribution in [1.82, 2.24) is 9.88 Å². The van der Waals surface area contributed by atoms with Crippen molar-refractivity contribution >= 4 is 17.7 Å². The van der Waals surface area contributed by atoms with Crippen molar-refractivity contribution in [2.75, 3.05) is 44.8 Å². The van der Waals surface area contributed by atoms with Crippen molar-refractivity contribution in [2.24, 2.45) is 0 Å². The predicted octanol–water partition coefficient (Wildman–Crippen LogP) is 2.85. The van der Waals surface area contributed by atoms with E-state index in [2.05, 4.69) is 9.88 Å². The standard InChI is InChI=1S/C21H25N3O3/c1-3-27-19-6-4-17(16-20(19)26-2)5-7-21(25)24-14-12-23(13-15-24)18-8-10-22-11-9-18/h4-11,16H,3,12-15H2,1-2H3/b7-5+. The van der Waals surface area contributed by atoms with Crippen LogP contribution in [0, 0.1) is 0 Å². The Morgan fingerprint density at radius 3 is 2.52 bits per heavy atom. The zero-order valence-corrected chi connectivity index (χ0v) is 15.8. The quantitative estimate of drug-likeness (QED) is 0.735. The summed E-state index contributed by atoms with van der Waals surface area (Å²) in [6.07, 6.45) is 7.02. The minimum Gasteiger partial charge on any atom is -0.493 e. The number of ether oxygens (including phenoxy) is 2. The molecule has 0 bridgehead atoms. The third kappa shape index (κ3) is 4.78. The van der Waals surface area contributed by atoms with Crippen LogP contribution in [-0.4, -0.2) is 55.7 Å². The Balaban J connectivity index is 1.58. The molecule has 0 atom stereocenters. The van der Waals surface area contributed by atoms with Gasteiger partial charge in [0.25, 0.3) is 0 Å². The molecule has 1 aromatic heterocycles. The van der Waals surface area contributed by atoms with Gasteiger partial charge in [-0.3, -0.25) is 9.78 Å². The van der Waals surface area contributed by atoms with Gasteiger partial charge in [0.1, 0.15) is 0 Å². The Morgan fingerprint density at radius 1 is 1.11 bits per heavy atom. The summed E-state index contributed by atoms with van der Waals surface area (Å²) in [5, 5.41) is 0. The molecule has 1 aromatic carbocycles. The molecule has 3 rings (SSSR count). The van der Waals surface area contributed by atoms with E-state index < -0.39 is 0 Å². The lowest BCUT2D eigenvalue weighted by Crippen LogP contribution is -2.48. The molecule has 6 nitrogen and oxygen atoms in total. The summed E-state index contributed by atoms with van der Waals surface area (Å²) >= 11 is 0. The molecule has 0 unspecified atom stereocenters. The monoisotopic (exact) mass is 367 g/mol. The zero-order chi connectivity index (χ0) is 19.1. The predicted molar refractivity (Wildman–Crippen MR) is 106 cm³/mol. The van der Waals surface area contributed by atoms with Gasteiger partial charge >= 0.3 is 0 Å². The van der Waals surface area contributed by atoms with Crippen LogP contribution in [0.4, 0.5) is 5.69 Å². The van der Waals surface area contributed by atoms with Crippen LogP contribution < -0.4 is 14.4 Å². The van der Waals surface area contributed by atoms with E-state index in [4.69, 9.17) is 9.47 Å². The van der Waals surface area contributed by atoms with Gasteiger partial charge in [-0.05, 0) is 42.8 Å². The highest BCUT2D eigenvalue weighted by atomic mass is 16.5. The van der Waals surface area contributed by atoms with Crippen LogP contribution >= 0.6 is 0 Å². The molecule has 142 valence electrons. The van der Waals surface area contributed by atoms with Gasteiger partial charge in [0.05, 0.1) is 13.7 Å². The Kier molecular flexibility index (Phi) is 6.30. The fourth-order valence-corrected chi connectivity index (χ4v) is 3.08. The summed E-state index contributed by atoms with van der Waals surface area (Å²) in [5.41, 5.74) is 2.05. The first-order valence-corrected chi connectivity index (χ1v) is 9.14. The molecule has 2 aromatic rings. The van der Waals surface area contributed by atoms with E-state index in [1.807, 2.05) is 48.2 Å². The minimum atomic E-state index is 0.0252. The van der Waals surface area contributed by atoms with Gasteiger partial charge in [-0.2, -0.15) is 0 Å². The summed E-state index contributed by atoms with van der Waals surface area (Å²) < 4.78 is 10.9. The van der Waals surface area contributed by atoms with Gasteiger partial charge < -0.3 is 19.3 Å². The molecule has 0 radical (unpaired) electrons. The maximum atomic E-state index is 12.5. The number of anilines is 1. The van der Waals surface area contributed by atoms with Crippen LogP contribution in [0.5, 0.6) is 11.5 Å². The number of methoxy groups -OCH3 is 1. The number of piperazine rings is 1. The topological polar surface area (TPSA) is 54.9 Å². The number of pyridine rings is 1. The van der Waals surface area contributed by atoms with Gasteiger partial charge in [0.15, 0.2) is 11.5 Å². The molecule has 1 amide bonds. The minimum absolute atomic E-state index is 0.0252. The fraction of sp³-hybridized carbons (Fsp3) is 0.333. The van der Waals surface area contributed by atoms with Crippen LogP contribution in [0.1, 0.15) is 12.5 Å². The zero-order valence-electron chi connectivity index (χ0n) is 15.8. The number of aromatic nitrogens is 1. The first-order chi connectivity index (χ1) is 13.2. The lowest BCUT2D eigenvalue weighted by molar-refractivity contribution is -0.126. The van der Waals surface area contributed by atoms with Crippen LogP contribution in [0.2, 0.25) is 0 Å². The average molecular weight is 367 g/mol. The van der Waals surface area contributed by atoms with E-state index in [1.54, 1.807) is 25.6 Å². The lowest BCUT2D eigenvalue weighted by Gasteiger charge is -2.35. The van der Waals surface area contributed by atoms with E-state index in [1.165, 1.54) is 0 Å². The van der Waals surface area contributed by atoms with Gasteiger partial charge in [-0.1, -0.05) is 6.07 Å². The number of amides is 1. The third-order valence-corrected chi connectivity index (χ3v) is 4.53. The summed E-state index contributed by atoms with van der Waals surface area (Å²) in [5.74, 6) is 1.39.